The molecule has 1 aliphatic carbocycles. The van der Waals surface area contributed by atoms with E-state index in [1.165, 1.54) is 0 Å². The third-order valence-corrected chi connectivity index (χ3v) is 7.61. The maximum atomic E-state index is 12.8. The maximum absolute atomic E-state index is 12.8. The minimum atomic E-state index is -3.28. The topological polar surface area (TPSA) is 93.0 Å². The second-order valence-electron chi connectivity index (χ2n) is 7.69. The van der Waals surface area contributed by atoms with Gasteiger partial charge >= 0.3 is 0 Å². The van der Waals surface area contributed by atoms with Crippen LogP contribution in [-0.4, -0.2) is 38.7 Å². The Balaban J connectivity index is 1.40. The van der Waals surface area contributed by atoms with Gasteiger partial charge in [-0.2, -0.15) is 0 Å². The van der Waals surface area contributed by atoms with Gasteiger partial charge in [0.25, 0.3) is 0 Å². The second-order valence-corrected chi connectivity index (χ2v) is 9.73. The molecule has 1 fully saturated rings. The Morgan fingerprint density at radius 2 is 1.96 bits per heavy atom. The lowest BCUT2D eigenvalue weighted by Crippen LogP contribution is -2.14. The first-order valence-electron chi connectivity index (χ1n) is 9.48. The summed E-state index contributed by atoms with van der Waals surface area (Å²) in [5.41, 5.74) is 3.53. The number of rotatable bonds is 4. The van der Waals surface area contributed by atoms with Gasteiger partial charge in [-0.25, -0.2) is 13.4 Å². The van der Waals surface area contributed by atoms with Gasteiger partial charge in [0.2, 0.25) is 0 Å². The van der Waals surface area contributed by atoms with E-state index in [9.17, 15) is 8.42 Å². The number of benzene rings is 1. The van der Waals surface area contributed by atoms with Crippen LogP contribution in [0.15, 0.2) is 47.6 Å². The van der Waals surface area contributed by atoms with Crippen molar-refractivity contribution >= 4 is 26.6 Å². The fourth-order valence-electron chi connectivity index (χ4n) is 4.28. The van der Waals surface area contributed by atoms with Crippen molar-refractivity contribution < 1.29 is 8.42 Å². The monoisotopic (exact) mass is 395 g/mol. The molecule has 144 valence electrons. The highest BCUT2D eigenvalue weighted by molar-refractivity contribution is 7.91. The molecule has 0 amide bonds. The minimum Gasteiger partial charge on any atom is -0.345 e. The number of aromatic amines is 1. The van der Waals surface area contributed by atoms with Gasteiger partial charge in [0.05, 0.1) is 22.4 Å². The summed E-state index contributed by atoms with van der Waals surface area (Å²) in [6.07, 6.45) is 6.17. The first kappa shape index (κ1) is 17.4. The molecule has 5 rings (SSSR count). The molecule has 0 aliphatic heterocycles. The summed E-state index contributed by atoms with van der Waals surface area (Å²) in [5.74, 6) is 1.42. The third-order valence-electron chi connectivity index (χ3n) is 5.71. The Morgan fingerprint density at radius 1 is 1.14 bits per heavy atom. The van der Waals surface area contributed by atoms with Crippen LogP contribution in [0.3, 0.4) is 0 Å². The fourth-order valence-corrected chi connectivity index (χ4v) is 5.94. The van der Waals surface area contributed by atoms with Crippen LogP contribution in [0.2, 0.25) is 0 Å². The number of nitrogens with zero attached hydrogens (tertiary/aromatic N) is 4. The van der Waals surface area contributed by atoms with Crippen molar-refractivity contribution in [2.75, 3.05) is 5.75 Å². The van der Waals surface area contributed by atoms with Crippen molar-refractivity contribution in [3.63, 3.8) is 0 Å². The fraction of sp³-hybridized carbons (Fsp3) is 0.350. The molecule has 3 heterocycles. The molecule has 0 unspecified atom stereocenters. The molecule has 0 saturated heterocycles. The van der Waals surface area contributed by atoms with Gasteiger partial charge < -0.3 is 4.98 Å². The van der Waals surface area contributed by atoms with E-state index in [-0.39, 0.29) is 17.6 Å². The summed E-state index contributed by atoms with van der Waals surface area (Å²) < 4.78 is 27.6. The Hall–Kier alpha value is -2.74. The zero-order valence-corrected chi connectivity index (χ0v) is 16.4. The molecule has 28 heavy (non-hydrogen) atoms. The van der Waals surface area contributed by atoms with Gasteiger partial charge in [-0.3, -0.25) is 4.40 Å². The normalized spacial score (nSPS) is 20.3. The van der Waals surface area contributed by atoms with E-state index >= 15 is 0 Å². The van der Waals surface area contributed by atoms with Crippen molar-refractivity contribution in [3.8, 4) is 0 Å². The quantitative estimate of drug-likeness (QED) is 0.572. The lowest BCUT2D eigenvalue weighted by atomic mass is 10.1. The second kappa shape index (κ2) is 6.41. The van der Waals surface area contributed by atoms with E-state index in [1.807, 2.05) is 35.7 Å². The lowest BCUT2D eigenvalue weighted by molar-refractivity contribution is 0.549. The molecule has 0 bridgehead atoms. The number of H-pyrrole nitrogens is 1. The zero-order valence-electron chi connectivity index (χ0n) is 15.5. The van der Waals surface area contributed by atoms with Gasteiger partial charge in [-0.05, 0) is 50.3 Å². The van der Waals surface area contributed by atoms with Crippen LogP contribution in [-0.2, 0) is 9.84 Å². The molecule has 7 nitrogen and oxygen atoms in total. The Kier molecular flexibility index (Phi) is 3.97. The number of hydrogen-bond donors (Lipinski definition) is 1. The number of nitrogens with one attached hydrogen (secondary N) is 1. The highest BCUT2D eigenvalue weighted by Crippen LogP contribution is 2.39. The van der Waals surface area contributed by atoms with E-state index in [4.69, 9.17) is 0 Å². The van der Waals surface area contributed by atoms with Gasteiger partial charge in [-0.15, -0.1) is 10.2 Å². The number of aromatic nitrogens is 5. The van der Waals surface area contributed by atoms with Crippen LogP contribution >= 0.6 is 0 Å². The van der Waals surface area contributed by atoms with Crippen molar-refractivity contribution in [1.29, 1.82) is 0 Å². The Labute approximate surface area is 162 Å². The van der Waals surface area contributed by atoms with Crippen molar-refractivity contribution in [2.45, 2.75) is 37.0 Å². The van der Waals surface area contributed by atoms with Crippen molar-refractivity contribution in [3.05, 3.63) is 54.1 Å². The molecule has 4 aromatic rings. The zero-order chi connectivity index (χ0) is 19.3. The van der Waals surface area contributed by atoms with E-state index < -0.39 is 9.84 Å². The van der Waals surface area contributed by atoms with Gasteiger partial charge in [0, 0.05) is 12.1 Å². The SMILES string of the molecule is Cc1ccc(S(=O)(=O)C[C@H]2CC[C@@H](c3nnc4cnc5[nH]ccc5n34)C2)cc1. The van der Waals surface area contributed by atoms with Crippen molar-refractivity contribution in [1.82, 2.24) is 24.6 Å². The third kappa shape index (κ3) is 2.88. The summed E-state index contributed by atoms with van der Waals surface area (Å²) in [6, 6.07) is 9.08. The number of sulfone groups is 1. The average molecular weight is 395 g/mol. The summed E-state index contributed by atoms with van der Waals surface area (Å²) in [4.78, 5) is 7.88. The van der Waals surface area contributed by atoms with Gasteiger partial charge in [0.15, 0.2) is 21.1 Å². The predicted octanol–water partition coefficient (Wildman–Crippen LogP) is 3.27. The molecule has 2 atom stereocenters. The van der Waals surface area contributed by atoms with E-state index in [1.54, 1.807) is 18.3 Å². The summed E-state index contributed by atoms with van der Waals surface area (Å²) in [5, 5.41) is 8.68. The molecular weight excluding hydrogens is 374 g/mol. The van der Waals surface area contributed by atoms with Gasteiger partial charge in [-0.1, -0.05) is 17.7 Å². The highest BCUT2D eigenvalue weighted by atomic mass is 32.2. The molecule has 0 radical (unpaired) electrons. The number of aryl methyl sites for hydroxylation is 1. The summed E-state index contributed by atoms with van der Waals surface area (Å²) >= 11 is 0. The van der Waals surface area contributed by atoms with E-state index in [0.29, 0.717) is 4.90 Å². The molecule has 8 heteroatoms. The minimum absolute atomic E-state index is 0.132. The van der Waals surface area contributed by atoms with E-state index in [2.05, 4.69) is 20.2 Å². The first-order valence-corrected chi connectivity index (χ1v) is 11.1. The van der Waals surface area contributed by atoms with Crippen LogP contribution in [0.25, 0.3) is 16.8 Å². The molecular formula is C20H21N5O2S. The molecule has 1 aromatic carbocycles. The maximum Gasteiger partial charge on any atom is 0.179 e. The standard InChI is InChI=1S/C20H21N5O2S/c1-13-2-6-16(7-3-13)28(26,27)12-14-4-5-15(10-14)20-24-23-18-11-22-19-17(25(18)20)8-9-21-19/h2-3,6-9,11,14-15,21H,4-5,10,12H2,1H3/t14-,15+/m0/s1. The van der Waals surface area contributed by atoms with Crippen LogP contribution < -0.4 is 0 Å². The van der Waals surface area contributed by atoms with Crippen LogP contribution in [0.4, 0.5) is 0 Å². The van der Waals surface area contributed by atoms with Crippen LogP contribution in [0.5, 0.6) is 0 Å². The van der Waals surface area contributed by atoms with E-state index in [0.717, 1.165) is 47.5 Å². The summed E-state index contributed by atoms with van der Waals surface area (Å²) in [7, 11) is -3.28. The van der Waals surface area contributed by atoms with Gasteiger partial charge in [0.1, 0.15) is 5.82 Å². The molecule has 1 N–H and O–H groups in total. The molecule has 1 aliphatic rings. The molecule has 0 spiro atoms. The Morgan fingerprint density at radius 3 is 2.79 bits per heavy atom. The highest BCUT2D eigenvalue weighted by Gasteiger charge is 2.33. The number of hydrogen-bond acceptors (Lipinski definition) is 5. The Bertz CT molecular complexity index is 1260. The predicted molar refractivity (Wildman–Crippen MR) is 106 cm³/mol. The summed E-state index contributed by atoms with van der Waals surface area (Å²) in [6.45, 7) is 1.96. The molecule has 1 saturated carbocycles. The number of fused-ring (bicyclic) bond motifs is 3. The van der Waals surface area contributed by atoms with Crippen molar-refractivity contribution in [2.24, 2.45) is 5.92 Å². The lowest BCUT2D eigenvalue weighted by Gasteiger charge is -2.12. The molecule has 3 aromatic heterocycles. The van der Waals surface area contributed by atoms with Crippen LogP contribution in [0, 0.1) is 12.8 Å². The van der Waals surface area contributed by atoms with Crippen LogP contribution in [0.1, 0.15) is 36.6 Å². The smallest absolute Gasteiger partial charge is 0.179 e. The largest absolute Gasteiger partial charge is 0.345 e. The average Bonchev–Trinajstić information content (AvgIpc) is 3.39. The first-order chi connectivity index (χ1) is 13.5.